The van der Waals surface area contributed by atoms with Crippen LogP contribution in [0, 0.1) is 17.8 Å². The molecule has 5 unspecified atom stereocenters. The van der Waals surface area contributed by atoms with Gasteiger partial charge in [0, 0.05) is 6.04 Å². The van der Waals surface area contributed by atoms with E-state index in [4.69, 9.17) is 0 Å². The summed E-state index contributed by atoms with van der Waals surface area (Å²) in [6.07, 6.45) is 7.09. The zero-order valence-electron chi connectivity index (χ0n) is 11.7. The van der Waals surface area contributed by atoms with Crippen molar-refractivity contribution >= 4 is 0 Å². The number of nitrogens with one attached hydrogen (secondary N) is 1. The van der Waals surface area contributed by atoms with Gasteiger partial charge in [0.25, 0.3) is 0 Å². The third-order valence-corrected chi connectivity index (χ3v) is 5.34. The first kappa shape index (κ1) is 13.4. The van der Waals surface area contributed by atoms with Gasteiger partial charge < -0.3 is 10.4 Å². The summed E-state index contributed by atoms with van der Waals surface area (Å²) in [5.41, 5.74) is -0.444. The highest BCUT2D eigenvalue weighted by molar-refractivity contribution is 5.00. The predicted molar refractivity (Wildman–Crippen MR) is 71.9 cm³/mol. The van der Waals surface area contributed by atoms with Crippen molar-refractivity contribution in [2.75, 3.05) is 6.54 Å². The van der Waals surface area contributed by atoms with Crippen LogP contribution in [0.25, 0.3) is 0 Å². The molecular formula is C15H29NO. The van der Waals surface area contributed by atoms with Crippen molar-refractivity contribution in [3.63, 3.8) is 0 Å². The molecule has 2 aliphatic rings. The molecule has 100 valence electrons. The fourth-order valence-corrected chi connectivity index (χ4v) is 3.91. The number of aliphatic hydroxyl groups is 1. The Bertz CT molecular complexity index is 255. The second-order valence-electron chi connectivity index (χ2n) is 6.58. The van der Waals surface area contributed by atoms with Gasteiger partial charge in [-0.25, -0.2) is 0 Å². The molecular weight excluding hydrogens is 210 g/mol. The van der Waals surface area contributed by atoms with Crippen molar-refractivity contribution in [1.29, 1.82) is 0 Å². The minimum Gasteiger partial charge on any atom is -0.388 e. The topological polar surface area (TPSA) is 32.3 Å². The van der Waals surface area contributed by atoms with Crippen LogP contribution in [0.15, 0.2) is 0 Å². The third kappa shape index (κ3) is 2.68. The quantitative estimate of drug-likeness (QED) is 0.776. The highest BCUT2D eigenvalue weighted by Crippen LogP contribution is 2.41. The third-order valence-electron chi connectivity index (χ3n) is 5.34. The minimum atomic E-state index is -0.444. The molecule has 5 atom stereocenters. The second-order valence-corrected chi connectivity index (χ2v) is 6.58. The van der Waals surface area contributed by atoms with E-state index in [-0.39, 0.29) is 0 Å². The Morgan fingerprint density at radius 3 is 2.65 bits per heavy atom. The highest BCUT2D eigenvalue weighted by Gasteiger charge is 2.45. The molecule has 1 saturated carbocycles. The number of hydrogen-bond acceptors (Lipinski definition) is 2. The van der Waals surface area contributed by atoms with Crippen molar-refractivity contribution < 1.29 is 5.11 Å². The first-order valence-electron chi connectivity index (χ1n) is 7.52. The maximum Gasteiger partial charge on any atom is 0.0825 e. The molecule has 2 N–H and O–H groups in total. The van der Waals surface area contributed by atoms with Crippen LogP contribution in [0.1, 0.15) is 59.3 Å². The fourth-order valence-electron chi connectivity index (χ4n) is 3.91. The molecule has 2 heteroatoms. The molecule has 0 amide bonds. The lowest BCUT2D eigenvalue weighted by molar-refractivity contribution is -0.0909. The summed E-state index contributed by atoms with van der Waals surface area (Å²) in [5, 5.41) is 14.6. The summed E-state index contributed by atoms with van der Waals surface area (Å²) in [6, 6.07) is 0.337. The minimum absolute atomic E-state index is 0.337. The molecule has 0 aromatic rings. The molecule has 0 spiro atoms. The smallest absolute Gasteiger partial charge is 0.0825 e. The van der Waals surface area contributed by atoms with Crippen LogP contribution in [0.5, 0.6) is 0 Å². The average molecular weight is 239 g/mol. The van der Waals surface area contributed by atoms with Crippen molar-refractivity contribution in [2.45, 2.75) is 70.9 Å². The van der Waals surface area contributed by atoms with E-state index in [2.05, 4.69) is 26.1 Å². The van der Waals surface area contributed by atoms with Crippen molar-refractivity contribution in [2.24, 2.45) is 17.8 Å². The molecule has 0 aromatic carbocycles. The summed E-state index contributed by atoms with van der Waals surface area (Å²) in [4.78, 5) is 0. The molecule has 2 fully saturated rings. The van der Waals surface area contributed by atoms with E-state index in [0.29, 0.717) is 12.0 Å². The van der Waals surface area contributed by atoms with Crippen molar-refractivity contribution in [1.82, 2.24) is 5.32 Å². The number of hydrogen-bond donors (Lipinski definition) is 2. The van der Waals surface area contributed by atoms with Gasteiger partial charge in [0.1, 0.15) is 0 Å². The average Bonchev–Trinajstić information content (AvgIpc) is 2.34. The van der Waals surface area contributed by atoms with Gasteiger partial charge in [-0.2, -0.15) is 0 Å². The van der Waals surface area contributed by atoms with Gasteiger partial charge in [0.05, 0.1) is 5.60 Å². The molecule has 2 rings (SSSR count). The molecule has 17 heavy (non-hydrogen) atoms. The lowest BCUT2D eigenvalue weighted by Gasteiger charge is -2.48. The molecule has 2 nitrogen and oxygen atoms in total. The lowest BCUT2D eigenvalue weighted by atomic mass is 9.66. The Morgan fingerprint density at radius 1 is 1.24 bits per heavy atom. The molecule has 1 heterocycles. The van der Waals surface area contributed by atoms with E-state index < -0.39 is 5.60 Å². The van der Waals surface area contributed by atoms with Gasteiger partial charge in [-0.3, -0.25) is 0 Å². The van der Waals surface area contributed by atoms with Crippen molar-refractivity contribution in [3.05, 3.63) is 0 Å². The second kappa shape index (κ2) is 5.27. The number of rotatable bonds is 2. The Kier molecular flexibility index (Phi) is 4.14. The predicted octanol–water partition coefficient (Wildman–Crippen LogP) is 2.95. The Labute approximate surface area is 106 Å². The first-order chi connectivity index (χ1) is 8.06. The van der Waals surface area contributed by atoms with Gasteiger partial charge in [-0.1, -0.05) is 27.2 Å². The molecule has 1 saturated heterocycles. The van der Waals surface area contributed by atoms with Crippen LogP contribution in [0.4, 0.5) is 0 Å². The Hall–Kier alpha value is -0.0800. The molecule has 0 aromatic heterocycles. The zero-order chi connectivity index (χ0) is 12.5. The lowest BCUT2D eigenvalue weighted by Crippen LogP contribution is -2.59. The Balaban J connectivity index is 2.04. The standard InChI is InChI=1S/C15H29NO/c1-4-13-6-8-16-14(10-13)15(17)7-5-11(2)9-12(15)3/h11-14,16-17H,4-10H2,1-3H3. The van der Waals surface area contributed by atoms with Gasteiger partial charge >= 0.3 is 0 Å². The van der Waals surface area contributed by atoms with Gasteiger partial charge in [-0.05, 0) is 56.4 Å². The van der Waals surface area contributed by atoms with E-state index in [9.17, 15) is 5.11 Å². The van der Waals surface area contributed by atoms with E-state index in [1.807, 2.05) is 0 Å². The van der Waals surface area contributed by atoms with E-state index >= 15 is 0 Å². The summed E-state index contributed by atoms with van der Waals surface area (Å²) < 4.78 is 0. The van der Waals surface area contributed by atoms with Crippen molar-refractivity contribution in [3.8, 4) is 0 Å². The highest BCUT2D eigenvalue weighted by atomic mass is 16.3. The summed E-state index contributed by atoms with van der Waals surface area (Å²) in [7, 11) is 0. The molecule has 1 aliphatic heterocycles. The van der Waals surface area contributed by atoms with Gasteiger partial charge in [-0.15, -0.1) is 0 Å². The summed E-state index contributed by atoms with van der Waals surface area (Å²) >= 11 is 0. The van der Waals surface area contributed by atoms with Gasteiger partial charge in [0.2, 0.25) is 0 Å². The maximum absolute atomic E-state index is 11.0. The maximum atomic E-state index is 11.0. The summed E-state index contributed by atoms with van der Waals surface area (Å²) in [6.45, 7) is 7.93. The van der Waals surface area contributed by atoms with E-state index in [1.165, 1.54) is 32.1 Å². The van der Waals surface area contributed by atoms with Crippen LogP contribution in [-0.2, 0) is 0 Å². The summed E-state index contributed by atoms with van der Waals surface area (Å²) in [5.74, 6) is 2.05. The zero-order valence-corrected chi connectivity index (χ0v) is 11.7. The van der Waals surface area contributed by atoms with Gasteiger partial charge in [0.15, 0.2) is 0 Å². The normalized spacial score (nSPS) is 48.0. The van der Waals surface area contributed by atoms with Crippen LogP contribution < -0.4 is 5.32 Å². The fraction of sp³-hybridized carbons (Fsp3) is 1.00. The number of piperidine rings is 1. The van der Waals surface area contributed by atoms with E-state index in [1.54, 1.807) is 0 Å². The first-order valence-corrected chi connectivity index (χ1v) is 7.52. The monoisotopic (exact) mass is 239 g/mol. The van der Waals surface area contributed by atoms with Crippen LogP contribution in [0.3, 0.4) is 0 Å². The molecule has 0 bridgehead atoms. The van der Waals surface area contributed by atoms with Crippen LogP contribution >= 0.6 is 0 Å². The molecule has 1 aliphatic carbocycles. The largest absolute Gasteiger partial charge is 0.388 e. The Morgan fingerprint density at radius 2 is 2.00 bits per heavy atom. The molecule has 0 radical (unpaired) electrons. The van der Waals surface area contributed by atoms with Crippen LogP contribution in [0.2, 0.25) is 0 Å². The SMILES string of the molecule is CCC1CCNC(C2(O)CCC(C)CC2C)C1. The van der Waals surface area contributed by atoms with E-state index in [0.717, 1.165) is 24.8 Å². The van der Waals surface area contributed by atoms with Crippen LogP contribution in [-0.4, -0.2) is 23.3 Å².